The molecule has 4 rings (SSSR count). The summed E-state index contributed by atoms with van der Waals surface area (Å²) in [4.78, 5) is 0. The number of hydrogen-bond acceptors (Lipinski definition) is 3. The van der Waals surface area contributed by atoms with Gasteiger partial charge in [0, 0.05) is 37.1 Å². The third-order valence-electron chi connectivity index (χ3n) is 3.75. The second kappa shape index (κ2) is 4.50. The molecule has 0 atom stereocenters. The summed E-state index contributed by atoms with van der Waals surface area (Å²) in [5, 5.41) is 2.53. The van der Waals surface area contributed by atoms with Crippen LogP contribution in [0.5, 0.6) is 0 Å². The summed E-state index contributed by atoms with van der Waals surface area (Å²) in [6.07, 6.45) is 0. The molecule has 4 N–H and O–H groups in total. The molecule has 3 heteroatoms. The van der Waals surface area contributed by atoms with E-state index in [0.717, 1.165) is 22.5 Å². The van der Waals surface area contributed by atoms with Crippen LogP contribution in [0.3, 0.4) is 0 Å². The van der Waals surface area contributed by atoms with Gasteiger partial charge in [0.15, 0.2) is 0 Å². The molecule has 4 aromatic rings. The highest BCUT2D eigenvalue weighted by Crippen LogP contribution is 2.42. The lowest BCUT2D eigenvalue weighted by molar-refractivity contribution is 1.65. The summed E-state index contributed by atoms with van der Waals surface area (Å²) in [7, 11) is 0. The number of nitrogens with two attached hydrogens (primary N) is 2. The van der Waals surface area contributed by atoms with Crippen LogP contribution < -0.4 is 11.5 Å². The van der Waals surface area contributed by atoms with Crippen molar-refractivity contribution in [2.24, 2.45) is 0 Å². The Morgan fingerprint density at radius 1 is 0.762 bits per heavy atom. The molecule has 0 unspecified atom stereocenters. The standard InChI is InChI=1S/C18H14N2S/c19-12-5-3-4-11(10-12)17-15(20)9-8-14-13-6-1-2-7-16(13)21-18(14)17/h1-10H,19-20H2. The first-order chi connectivity index (χ1) is 10.2. The van der Waals surface area contributed by atoms with Crippen LogP contribution in [0.2, 0.25) is 0 Å². The fraction of sp³-hybridized carbons (Fsp3) is 0. The maximum atomic E-state index is 6.26. The number of benzene rings is 3. The van der Waals surface area contributed by atoms with E-state index >= 15 is 0 Å². The largest absolute Gasteiger partial charge is 0.399 e. The Bertz CT molecular complexity index is 969. The van der Waals surface area contributed by atoms with E-state index in [0.29, 0.717) is 0 Å². The highest BCUT2D eigenvalue weighted by atomic mass is 32.1. The predicted octanol–water partition coefficient (Wildman–Crippen LogP) is 4.89. The maximum absolute atomic E-state index is 6.26. The van der Waals surface area contributed by atoms with Gasteiger partial charge in [-0.1, -0.05) is 36.4 Å². The number of fused-ring (bicyclic) bond motifs is 3. The van der Waals surface area contributed by atoms with E-state index in [1.54, 1.807) is 11.3 Å². The first-order valence-electron chi connectivity index (χ1n) is 6.79. The lowest BCUT2D eigenvalue weighted by Crippen LogP contribution is -1.91. The van der Waals surface area contributed by atoms with Gasteiger partial charge >= 0.3 is 0 Å². The quantitative estimate of drug-likeness (QED) is 0.491. The van der Waals surface area contributed by atoms with Crippen LogP contribution in [0.4, 0.5) is 11.4 Å². The van der Waals surface area contributed by atoms with E-state index in [4.69, 9.17) is 11.5 Å². The van der Waals surface area contributed by atoms with Crippen LogP contribution in [0.1, 0.15) is 0 Å². The van der Waals surface area contributed by atoms with Crippen LogP contribution in [-0.4, -0.2) is 0 Å². The van der Waals surface area contributed by atoms with Gasteiger partial charge in [0.05, 0.1) is 0 Å². The zero-order valence-corrected chi connectivity index (χ0v) is 12.2. The Morgan fingerprint density at radius 2 is 1.62 bits per heavy atom. The third kappa shape index (κ3) is 1.86. The van der Waals surface area contributed by atoms with Crippen LogP contribution in [-0.2, 0) is 0 Å². The normalized spacial score (nSPS) is 11.2. The molecule has 0 amide bonds. The van der Waals surface area contributed by atoms with E-state index in [9.17, 15) is 0 Å². The van der Waals surface area contributed by atoms with Gasteiger partial charge in [0.1, 0.15) is 0 Å². The zero-order valence-electron chi connectivity index (χ0n) is 11.3. The van der Waals surface area contributed by atoms with Crippen molar-refractivity contribution in [1.29, 1.82) is 0 Å². The molecule has 102 valence electrons. The van der Waals surface area contributed by atoms with Crippen LogP contribution in [0, 0.1) is 0 Å². The lowest BCUT2D eigenvalue weighted by Gasteiger charge is -2.08. The molecular formula is C18H14N2S. The Morgan fingerprint density at radius 3 is 2.48 bits per heavy atom. The van der Waals surface area contributed by atoms with Gasteiger partial charge in [0.2, 0.25) is 0 Å². The zero-order chi connectivity index (χ0) is 14.4. The molecule has 0 fully saturated rings. The average molecular weight is 290 g/mol. The Kier molecular flexibility index (Phi) is 2.62. The van der Waals surface area contributed by atoms with Gasteiger partial charge in [0.25, 0.3) is 0 Å². The molecule has 0 saturated heterocycles. The van der Waals surface area contributed by atoms with E-state index in [-0.39, 0.29) is 0 Å². The minimum atomic E-state index is 0.755. The van der Waals surface area contributed by atoms with Gasteiger partial charge in [-0.2, -0.15) is 0 Å². The minimum absolute atomic E-state index is 0.755. The molecule has 21 heavy (non-hydrogen) atoms. The van der Waals surface area contributed by atoms with Crippen molar-refractivity contribution < 1.29 is 0 Å². The molecule has 0 radical (unpaired) electrons. The molecule has 2 nitrogen and oxygen atoms in total. The highest BCUT2D eigenvalue weighted by Gasteiger charge is 2.13. The van der Waals surface area contributed by atoms with Gasteiger partial charge in [-0.25, -0.2) is 0 Å². The molecular weight excluding hydrogens is 276 g/mol. The summed E-state index contributed by atoms with van der Waals surface area (Å²) in [5.41, 5.74) is 15.9. The number of hydrogen-bond donors (Lipinski definition) is 2. The second-order valence-corrected chi connectivity index (χ2v) is 6.18. The first-order valence-corrected chi connectivity index (χ1v) is 7.61. The smallest absolute Gasteiger partial charge is 0.0454 e. The second-order valence-electron chi connectivity index (χ2n) is 5.13. The first kappa shape index (κ1) is 12.2. The van der Waals surface area contributed by atoms with E-state index < -0.39 is 0 Å². The molecule has 0 aliphatic heterocycles. The fourth-order valence-electron chi connectivity index (χ4n) is 2.80. The van der Waals surface area contributed by atoms with E-state index in [2.05, 4.69) is 36.4 Å². The monoisotopic (exact) mass is 290 g/mol. The summed E-state index contributed by atoms with van der Waals surface area (Å²) < 4.78 is 2.50. The summed E-state index contributed by atoms with van der Waals surface area (Å²) in [6, 6.07) is 20.5. The SMILES string of the molecule is Nc1cccc(-c2c(N)ccc3c2sc2ccccc23)c1. The maximum Gasteiger partial charge on any atom is 0.0454 e. The van der Waals surface area contributed by atoms with Gasteiger partial charge in [-0.3, -0.25) is 0 Å². The summed E-state index contributed by atoms with van der Waals surface area (Å²) >= 11 is 1.78. The van der Waals surface area contributed by atoms with Gasteiger partial charge in [-0.05, 0) is 29.8 Å². The van der Waals surface area contributed by atoms with Crippen LogP contribution >= 0.6 is 11.3 Å². The van der Waals surface area contributed by atoms with Gasteiger partial charge < -0.3 is 11.5 Å². The van der Waals surface area contributed by atoms with Gasteiger partial charge in [-0.15, -0.1) is 11.3 Å². The van der Waals surface area contributed by atoms with Crippen molar-refractivity contribution in [1.82, 2.24) is 0 Å². The Balaban J connectivity index is 2.14. The topological polar surface area (TPSA) is 52.0 Å². The van der Waals surface area contributed by atoms with Crippen molar-refractivity contribution in [3.63, 3.8) is 0 Å². The molecule has 0 aliphatic rings. The van der Waals surface area contributed by atoms with Crippen molar-refractivity contribution >= 4 is 42.9 Å². The van der Waals surface area contributed by atoms with Crippen molar-refractivity contribution in [3.8, 4) is 11.1 Å². The number of rotatable bonds is 1. The molecule has 0 saturated carbocycles. The van der Waals surface area contributed by atoms with Crippen molar-refractivity contribution in [2.45, 2.75) is 0 Å². The summed E-state index contributed by atoms with van der Waals surface area (Å²) in [6.45, 7) is 0. The number of anilines is 2. The highest BCUT2D eigenvalue weighted by molar-refractivity contribution is 7.26. The minimum Gasteiger partial charge on any atom is -0.399 e. The van der Waals surface area contributed by atoms with E-state index in [1.807, 2.05) is 24.3 Å². The van der Waals surface area contributed by atoms with Crippen molar-refractivity contribution in [3.05, 3.63) is 60.7 Å². The third-order valence-corrected chi connectivity index (χ3v) is 4.96. The van der Waals surface area contributed by atoms with Crippen molar-refractivity contribution in [2.75, 3.05) is 11.5 Å². The Hall–Kier alpha value is -2.52. The molecule has 0 aliphatic carbocycles. The number of nitrogen functional groups attached to an aromatic ring is 2. The molecule has 1 heterocycles. The average Bonchev–Trinajstić information content (AvgIpc) is 2.85. The lowest BCUT2D eigenvalue weighted by atomic mass is 10.0. The summed E-state index contributed by atoms with van der Waals surface area (Å²) in [5.74, 6) is 0. The Labute approximate surface area is 126 Å². The number of thiophene rings is 1. The molecule has 1 aromatic heterocycles. The predicted molar refractivity (Wildman–Crippen MR) is 93.6 cm³/mol. The van der Waals surface area contributed by atoms with E-state index in [1.165, 1.54) is 20.2 Å². The fourth-order valence-corrected chi connectivity index (χ4v) is 4.08. The molecule has 0 bridgehead atoms. The molecule has 3 aromatic carbocycles. The van der Waals surface area contributed by atoms with Crippen LogP contribution in [0.25, 0.3) is 31.3 Å². The molecule has 0 spiro atoms. The van der Waals surface area contributed by atoms with Crippen LogP contribution in [0.15, 0.2) is 60.7 Å².